The molecule has 0 spiro atoms. The third-order valence-corrected chi connectivity index (χ3v) is 10.3. The fraction of sp³-hybridized carbons (Fsp3) is 0.208. The van der Waals surface area contributed by atoms with E-state index in [-0.39, 0.29) is 51.0 Å². The summed E-state index contributed by atoms with van der Waals surface area (Å²) in [7, 11) is -1.08. The zero-order valence-electron chi connectivity index (χ0n) is 17.0. The van der Waals surface area contributed by atoms with Gasteiger partial charge in [0.2, 0.25) is 0 Å². The van der Waals surface area contributed by atoms with Gasteiger partial charge < -0.3 is 29.2 Å². The standard InChI is InChI=1S/C14H11.C10H12OSi.2ClH.Zr/c1-10-8-12-7-6-11-4-2-3-5-13(11)14(12)9-10;1-6-9-7-4-5-11-8(7)10(6)12(9,2)3;;;/h2-9H,1H3;4-5,10H,1-3H3;2*1H;/q-1;;;;+3/p-2. The molecule has 0 amide bonds. The zero-order valence-corrected chi connectivity index (χ0v) is 22.0. The average molecular weight is 518 g/mol. The zero-order chi connectivity index (χ0) is 18.1. The van der Waals surface area contributed by atoms with Gasteiger partial charge in [-0.2, -0.15) is 6.07 Å². The molecule has 3 aromatic carbocycles. The van der Waals surface area contributed by atoms with E-state index in [4.69, 9.17) is 4.42 Å². The van der Waals surface area contributed by atoms with Crippen LogP contribution in [-0.4, -0.2) is 8.07 Å². The van der Waals surface area contributed by atoms with Crippen molar-refractivity contribution in [3.63, 3.8) is 0 Å². The quantitative estimate of drug-likeness (QED) is 0.251. The molecule has 1 unspecified atom stereocenters. The number of fused-ring (bicyclic) bond motifs is 3. The normalized spacial score (nSPS) is 17.3. The number of hydrogen-bond acceptors (Lipinski definition) is 1. The topological polar surface area (TPSA) is 13.1 Å². The second-order valence-electron chi connectivity index (χ2n) is 8.23. The van der Waals surface area contributed by atoms with E-state index in [2.05, 4.69) is 81.5 Å². The van der Waals surface area contributed by atoms with E-state index in [9.17, 15) is 0 Å². The van der Waals surface area contributed by atoms with Gasteiger partial charge in [0.1, 0.15) is 5.76 Å². The van der Waals surface area contributed by atoms with Crippen LogP contribution in [0.2, 0.25) is 13.1 Å². The first-order chi connectivity index (χ1) is 12.5. The summed E-state index contributed by atoms with van der Waals surface area (Å²) in [5, 5.41) is 7.07. The van der Waals surface area contributed by atoms with E-state index in [1.54, 1.807) is 10.8 Å². The molecule has 5 heteroatoms. The number of halogens is 2. The smallest absolute Gasteiger partial charge is 1.00 e. The summed E-state index contributed by atoms with van der Waals surface area (Å²) < 4.78 is 5.53. The second kappa shape index (κ2) is 8.63. The Labute approximate surface area is 204 Å². The molecule has 1 atom stereocenters. The van der Waals surface area contributed by atoms with Crippen LogP contribution in [0.4, 0.5) is 0 Å². The first-order valence-corrected chi connectivity index (χ1v) is 12.4. The van der Waals surface area contributed by atoms with Crippen LogP contribution in [0.15, 0.2) is 70.9 Å². The number of benzene rings is 2. The maximum absolute atomic E-state index is 5.53. The molecule has 147 valence electrons. The Balaban J connectivity index is 0.000000189. The third kappa shape index (κ3) is 3.55. The Morgan fingerprint density at radius 3 is 2.34 bits per heavy atom. The summed E-state index contributed by atoms with van der Waals surface area (Å²) >= 11 is 0. The van der Waals surface area contributed by atoms with E-state index >= 15 is 0 Å². The van der Waals surface area contributed by atoms with Crippen molar-refractivity contribution in [3.05, 3.63) is 83.3 Å². The number of aryl methyl sites for hydroxylation is 1. The van der Waals surface area contributed by atoms with Crippen molar-refractivity contribution in [2.75, 3.05) is 0 Å². The monoisotopic (exact) mass is 515 g/mol. The van der Waals surface area contributed by atoms with Crippen molar-refractivity contribution in [1.82, 2.24) is 0 Å². The minimum Gasteiger partial charge on any atom is -1.00 e. The molecule has 29 heavy (non-hydrogen) atoms. The Hall–Kier alpha value is -0.990. The summed E-state index contributed by atoms with van der Waals surface area (Å²) in [6.45, 7) is 9.29. The molecule has 0 saturated carbocycles. The molecule has 4 aromatic rings. The van der Waals surface area contributed by atoms with Gasteiger partial charge in [0.05, 0.1) is 14.3 Å². The summed E-state index contributed by atoms with van der Waals surface area (Å²) in [6.07, 6.45) is 1.83. The molecule has 1 nitrogen and oxygen atoms in total. The molecule has 2 bridgehead atoms. The molecule has 2 aliphatic heterocycles. The van der Waals surface area contributed by atoms with Gasteiger partial charge in [-0.3, -0.25) is 0 Å². The van der Waals surface area contributed by atoms with Gasteiger partial charge in [-0.05, 0) is 23.6 Å². The number of rotatable bonds is 0. The van der Waals surface area contributed by atoms with Gasteiger partial charge in [0.25, 0.3) is 0 Å². The van der Waals surface area contributed by atoms with Crippen molar-refractivity contribution in [3.8, 4) is 0 Å². The van der Waals surface area contributed by atoms with Gasteiger partial charge in [-0.1, -0.05) is 61.3 Å². The third-order valence-electron chi connectivity index (χ3n) is 6.18. The summed E-state index contributed by atoms with van der Waals surface area (Å²) in [5.74, 6) is 1.26. The van der Waals surface area contributed by atoms with Crippen LogP contribution in [0.3, 0.4) is 0 Å². The van der Waals surface area contributed by atoms with E-state index in [0.717, 1.165) is 0 Å². The molecule has 3 aliphatic rings. The van der Waals surface area contributed by atoms with Crippen LogP contribution in [-0.2, 0) is 26.2 Å². The van der Waals surface area contributed by atoms with Crippen molar-refractivity contribution < 1.29 is 55.4 Å². The molecule has 1 aliphatic carbocycles. The Morgan fingerprint density at radius 1 is 0.931 bits per heavy atom. The van der Waals surface area contributed by atoms with Crippen LogP contribution in [0.25, 0.3) is 26.7 Å². The maximum Gasteiger partial charge on any atom is 3.00 e. The number of furan rings is 1. The van der Waals surface area contributed by atoms with Gasteiger partial charge in [-0.25, -0.2) is 0 Å². The number of allylic oxidation sites excluding steroid dienone is 1. The molecule has 3 heterocycles. The van der Waals surface area contributed by atoms with E-state index in [1.807, 2.05) is 6.26 Å². The second-order valence-corrected chi connectivity index (χ2v) is 12.8. The fourth-order valence-electron chi connectivity index (χ4n) is 5.21. The predicted molar refractivity (Wildman–Crippen MR) is 113 cm³/mol. The first-order valence-electron chi connectivity index (χ1n) is 9.32. The summed E-state index contributed by atoms with van der Waals surface area (Å²) in [4.78, 5) is 0. The first kappa shape index (κ1) is 24.3. The molecule has 1 radical (unpaired) electrons. The maximum atomic E-state index is 5.53. The molecular formula is C24H23Cl2OSiZr. The summed E-state index contributed by atoms with van der Waals surface area (Å²) in [5.41, 5.74) is 5.06. The van der Waals surface area contributed by atoms with Crippen LogP contribution in [0.1, 0.15) is 29.4 Å². The van der Waals surface area contributed by atoms with Crippen molar-refractivity contribution in [1.29, 1.82) is 0 Å². The predicted octanol–water partition coefficient (Wildman–Crippen LogP) is 0.977. The van der Waals surface area contributed by atoms with Gasteiger partial charge in [0.15, 0.2) is 0 Å². The van der Waals surface area contributed by atoms with Crippen molar-refractivity contribution in [2.45, 2.75) is 32.5 Å². The molecule has 0 N–H and O–H groups in total. The van der Waals surface area contributed by atoms with Crippen molar-refractivity contribution in [2.24, 2.45) is 0 Å². The van der Waals surface area contributed by atoms with Crippen LogP contribution in [0.5, 0.6) is 0 Å². The Kier molecular flexibility index (Phi) is 7.23. The Bertz CT molecular complexity index is 1200. The van der Waals surface area contributed by atoms with E-state index in [0.29, 0.717) is 5.54 Å². The molecule has 1 aromatic heterocycles. The number of hydrogen-bond donors (Lipinski definition) is 0. The molecule has 0 fully saturated rings. The van der Waals surface area contributed by atoms with Crippen molar-refractivity contribution >= 4 is 34.8 Å². The van der Waals surface area contributed by atoms with Crippen LogP contribution >= 0.6 is 0 Å². The van der Waals surface area contributed by atoms with Gasteiger partial charge >= 0.3 is 26.2 Å². The Morgan fingerprint density at radius 2 is 1.66 bits per heavy atom. The van der Waals surface area contributed by atoms with Crippen LogP contribution < -0.4 is 24.8 Å². The molecule has 0 saturated heterocycles. The SMILES string of the molecule is CC1=C2c3ccoc3C1[Si]2(C)C.Cc1cc2c(ccc3ccccc32)[cH-]1.[Cl-].[Cl-].[Zr+3]. The minimum atomic E-state index is -1.08. The summed E-state index contributed by atoms with van der Waals surface area (Å²) in [6, 6.07) is 19.6. The molecular weight excluding hydrogens is 494 g/mol. The van der Waals surface area contributed by atoms with E-state index in [1.165, 1.54) is 38.4 Å². The van der Waals surface area contributed by atoms with Gasteiger partial charge in [-0.15, -0.1) is 28.5 Å². The average Bonchev–Trinajstić information content (AvgIpc) is 3.31. The fourth-order valence-corrected chi connectivity index (χ4v) is 9.44. The van der Waals surface area contributed by atoms with E-state index < -0.39 is 8.07 Å². The largest absolute Gasteiger partial charge is 3.00 e. The minimum absolute atomic E-state index is 0. The molecule has 7 rings (SSSR count). The van der Waals surface area contributed by atoms with Gasteiger partial charge in [0, 0.05) is 11.1 Å². The van der Waals surface area contributed by atoms with Crippen LogP contribution in [0, 0.1) is 6.92 Å².